The first-order chi connectivity index (χ1) is 8.75. The second-order valence-electron chi connectivity index (χ2n) is 3.69. The van der Waals surface area contributed by atoms with Crippen LogP contribution < -0.4 is 15.2 Å². The lowest BCUT2D eigenvalue weighted by molar-refractivity contribution is 0.216. The average Bonchev–Trinajstić information content (AvgIpc) is 2.40. The highest BCUT2D eigenvalue weighted by molar-refractivity contribution is 5.43. The Labute approximate surface area is 105 Å². The summed E-state index contributed by atoms with van der Waals surface area (Å²) in [5.74, 6) is 0.749. The van der Waals surface area contributed by atoms with Gasteiger partial charge in [0.2, 0.25) is 0 Å². The third-order valence-electron chi connectivity index (χ3n) is 2.34. The standard InChI is InChI=1S/C14H14FNO2/c15-13-10-12(6-7-14(13)16)18-9-8-17-11-4-2-1-3-5-11/h1-7,10H,8-9,16H2. The van der Waals surface area contributed by atoms with E-state index in [-0.39, 0.29) is 5.69 Å². The van der Waals surface area contributed by atoms with Crippen LogP contribution >= 0.6 is 0 Å². The second kappa shape index (κ2) is 5.91. The van der Waals surface area contributed by atoms with Gasteiger partial charge in [-0.15, -0.1) is 0 Å². The number of hydrogen-bond donors (Lipinski definition) is 1. The molecule has 4 heteroatoms. The maximum atomic E-state index is 13.1. The fourth-order valence-corrected chi connectivity index (χ4v) is 1.43. The summed E-state index contributed by atoms with van der Waals surface area (Å²) < 4.78 is 23.9. The number of benzene rings is 2. The Morgan fingerprint density at radius 3 is 2.22 bits per heavy atom. The number of rotatable bonds is 5. The molecule has 0 heterocycles. The van der Waals surface area contributed by atoms with E-state index < -0.39 is 5.82 Å². The Morgan fingerprint density at radius 1 is 0.889 bits per heavy atom. The van der Waals surface area contributed by atoms with Gasteiger partial charge >= 0.3 is 0 Å². The van der Waals surface area contributed by atoms with E-state index >= 15 is 0 Å². The summed E-state index contributed by atoms with van der Waals surface area (Å²) in [7, 11) is 0. The number of anilines is 1. The van der Waals surface area contributed by atoms with E-state index in [4.69, 9.17) is 15.2 Å². The molecule has 0 aliphatic rings. The van der Waals surface area contributed by atoms with Gasteiger partial charge in [0, 0.05) is 6.07 Å². The Balaban J connectivity index is 1.77. The molecule has 0 radical (unpaired) electrons. The summed E-state index contributed by atoms with van der Waals surface area (Å²) in [6.07, 6.45) is 0. The van der Waals surface area contributed by atoms with Gasteiger partial charge in [0.1, 0.15) is 30.5 Å². The Hall–Kier alpha value is -2.23. The highest BCUT2D eigenvalue weighted by atomic mass is 19.1. The van der Waals surface area contributed by atoms with Gasteiger partial charge in [0.25, 0.3) is 0 Å². The minimum absolute atomic E-state index is 0.114. The van der Waals surface area contributed by atoms with Crippen molar-refractivity contribution in [1.29, 1.82) is 0 Å². The summed E-state index contributed by atoms with van der Waals surface area (Å²) in [4.78, 5) is 0. The monoisotopic (exact) mass is 247 g/mol. The molecular weight excluding hydrogens is 233 g/mol. The van der Waals surface area contributed by atoms with Gasteiger partial charge in [-0.25, -0.2) is 4.39 Å². The molecule has 0 atom stereocenters. The molecule has 0 spiro atoms. The van der Waals surface area contributed by atoms with Crippen molar-refractivity contribution in [3.8, 4) is 11.5 Å². The molecule has 18 heavy (non-hydrogen) atoms. The Morgan fingerprint density at radius 2 is 1.56 bits per heavy atom. The van der Waals surface area contributed by atoms with Crippen molar-refractivity contribution in [2.75, 3.05) is 18.9 Å². The van der Waals surface area contributed by atoms with Crippen LogP contribution in [0.1, 0.15) is 0 Å². The molecule has 0 saturated carbocycles. The molecule has 2 aromatic rings. The van der Waals surface area contributed by atoms with E-state index in [0.717, 1.165) is 5.75 Å². The first-order valence-electron chi connectivity index (χ1n) is 5.61. The van der Waals surface area contributed by atoms with E-state index in [1.54, 1.807) is 6.07 Å². The zero-order valence-corrected chi connectivity index (χ0v) is 9.80. The van der Waals surface area contributed by atoms with Crippen molar-refractivity contribution in [2.45, 2.75) is 0 Å². The predicted molar refractivity (Wildman–Crippen MR) is 68.2 cm³/mol. The van der Waals surface area contributed by atoms with Crippen molar-refractivity contribution in [3.63, 3.8) is 0 Å². The quantitative estimate of drug-likeness (QED) is 0.652. The number of nitrogens with two attached hydrogens (primary N) is 1. The van der Waals surface area contributed by atoms with Crippen LogP contribution in [0.2, 0.25) is 0 Å². The van der Waals surface area contributed by atoms with Gasteiger partial charge in [0.15, 0.2) is 0 Å². The SMILES string of the molecule is Nc1ccc(OCCOc2ccccc2)cc1F. The van der Waals surface area contributed by atoms with Crippen molar-refractivity contribution < 1.29 is 13.9 Å². The van der Waals surface area contributed by atoms with Crippen LogP contribution in [-0.4, -0.2) is 13.2 Å². The van der Waals surface area contributed by atoms with Crippen molar-refractivity contribution in [1.82, 2.24) is 0 Å². The maximum absolute atomic E-state index is 13.1. The van der Waals surface area contributed by atoms with Crippen LogP contribution in [-0.2, 0) is 0 Å². The van der Waals surface area contributed by atoms with E-state index in [1.165, 1.54) is 12.1 Å². The molecular formula is C14H14FNO2. The minimum Gasteiger partial charge on any atom is -0.490 e. The van der Waals surface area contributed by atoms with Gasteiger partial charge < -0.3 is 15.2 Å². The van der Waals surface area contributed by atoms with Crippen LogP contribution in [0.3, 0.4) is 0 Å². The molecule has 0 saturated heterocycles. The fraction of sp³-hybridized carbons (Fsp3) is 0.143. The maximum Gasteiger partial charge on any atom is 0.149 e. The zero-order valence-electron chi connectivity index (χ0n) is 9.80. The van der Waals surface area contributed by atoms with E-state index in [2.05, 4.69) is 0 Å². The molecule has 0 bridgehead atoms. The smallest absolute Gasteiger partial charge is 0.149 e. The Bertz CT molecular complexity index is 502. The molecule has 0 unspecified atom stereocenters. The van der Waals surface area contributed by atoms with Crippen LogP contribution in [0.4, 0.5) is 10.1 Å². The lowest BCUT2D eigenvalue weighted by atomic mass is 10.3. The topological polar surface area (TPSA) is 44.5 Å². The van der Waals surface area contributed by atoms with Gasteiger partial charge in [0.05, 0.1) is 5.69 Å². The number of nitrogen functional groups attached to an aromatic ring is 1. The van der Waals surface area contributed by atoms with Gasteiger partial charge in [-0.05, 0) is 24.3 Å². The summed E-state index contributed by atoms with van der Waals surface area (Å²) in [6.45, 7) is 0.744. The molecule has 2 rings (SSSR count). The summed E-state index contributed by atoms with van der Waals surface area (Å²) in [5, 5.41) is 0. The van der Waals surface area contributed by atoms with E-state index in [1.807, 2.05) is 30.3 Å². The average molecular weight is 247 g/mol. The van der Waals surface area contributed by atoms with Crippen LogP contribution in [0, 0.1) is 5.82 Å². The van der Waals surface area contributed by atoms with Crippen LogP contribution in [0.15, 0.2) is 48.5 Å². The summed E-state index contributed by atoms with van der Waals surface area (Å²) in [6, 6.07) is 13.8. The molecule has 0 aliphatic heterocycles. The number of hydrogen-bond acceptors (Lipinski definition) is 3. The lowest BCUT2D eigenvalue weighted by Crippen LogP contribution is -2.09. The largest absolute Gasteiger partial charge is 0.490 e. The van der Waals surface area contributed by atoms with Crippen LogP contribution in [0.25, 0.3) is 0 Å². The molecule has 0 amide bonds. The molecule has 0 aromatic heterocycles. The second-order valence-corrected chi connectivity index (χ2v) is 3.69. The highest BCUT2D eigenvalue weighted by Crippen LogP contribution is 2.17. The molecule has 2 aromatic carbocycles. The van der Waals surface area contributed by atoms with Gasteiger partial charge in [-0.2, -0.15) is 0 Å². The third-order valence-corrected chi connectivity index (χ3v) is 2.34. The zero-order chi connectivity index (χ0) is 12.8. The van der Waals surface area contributed by atoms with Gasteiger partial charge in [-0.1, -0.05) is 18.2 Å². The van der Waals surface area contributed by atoms with Crippen molar-refractivity contribution in [2.24, 2.45) is 0 Å². The normalized spacial score (nSPS) is 10.1. The number of para-hydroxylation sites is 1. The third kappa shape index (κ3) is 3.38. The van der Waals surface area contributed by atoms with E-state index in [0.29, 0.717) is 19.0 Å². The molecule has 2 N–H and O–H groups in total. The summed E-state index contributed by atoms with van der Waals surface area (Å²) in [5.41, 5.74) is 5.48. The first-order valence-corrected chi connectivity index (χ1v) is 5.61. The molecule has 3 nitrogen and oxygen atoms in total. The molecule has 94 valence electrons. The first kappa shape index (κ1) is 12.2. The molecule has 0 fully saturated rings. The summed E-state index contributed by atoms with van der Waals surface area (Å²) >= 11 is 0. The minimum atomic E-state index is -0.475. The molecule has 0 aliphatic carbocycles. The van der Waals surface area contributed by atoms with Crippen molar-refractivity contribution >= 4 is 5.69 Å². The lowest BCUT2D eigenvalue weighted by Gasteiger charge is -2.08. The number of ether oxygens (including phenoxy) is 2. The predicted octanol–water partition coefficient (Wildman–Crippen LogP) is 2.87. The van der Waals surface area contributed by atoms with Crippen molar-refractivity contribution in [3.05, 3.63) is 54.3 Å². The fourth-order valence-electron chi connectivity index (χ4n) is 1.43. The number of halogens is 1. The highest BCUT2D eigenvalue weighted by Gasteiger charge is 2.00. The van der Waals surface area contributed by atoms with Gasteiger partial charge in [-0.3, -0.25) is 0 Å². The van der Waals surface area contributed by atoms with E-state index in [9.17, 15) is 4.39 Å². The Kier molecular flexibility index (Phi) is 4.02. The van der Waals surface area contributed by atoms with Crippen LogP contribution in [0.5, 0.6) is 11.5 Å².